The first kappa shape index (κ1) is 14.7. The van der Waals surface area contributed by atoms with Gasteiger partial charge in [0.2, 0.25) is 5.13 Å². The van der Waals surface area contributed by atoms with Crippen molar-refractivity contribution in [2.75, 3.05) is 30.8 Å². The topological polar surface area (TPSA) is 59.1 Å². The van der Waals surface area contributed by atoms with E-state index in [-0.39, 0.29) is 0 Å². The van der Waals surface area contributed by atoms with Gasteiger partial charge in [-0.05, 0) is 11.5 Å². The van der Waals surface area contributed by atoms with E-state index >= 15 is 0 Å². The van der Waals surface area contributed by atoms with Gasteiger partial charge in [0.05, 0.1) is 0 Å². The fourth-order valence-corrected chi connectivity index (χ4v) is 2.86. The molecule has 0 atom stereocenters. The molecule has 1 aromatic heterocycles. The number of anilines is 2. The molecular formula is C16H18N4OS. The summed E-state index contributed by atoms with van der Waals surface area (Å²) in [6, 6.07) is 14.7. The van der Waals surface area contributed by atoms with Gasteiger partial charge < -0.3 is 15.4 Å². The van der Waals surface area contributed by atoms with E-state index < -0.39 is 0 Å². The molecule has 0 radical (unpaired) electrons. The molecule has 0 bridgehead atoms. The third-order valence-electron chi connectivity index (χ3n) is 3.25. The number of hydrogen-bond donors (Lipinski definition) is 2. The highest BCUT2D eigenvalue weighted by molar-refractivity contribution is 7.09. The number of nitrogens with one attached hydrogen (secondary N) is 2. The largest absolute Gasteiger partial charge is 0.383 e. The average molecular weight is 314 g/mol. The summed E-state index contributed by atoms with van der Waals surface area (Å²) in [6.45, 7) is 2.05. The lowest BCUT2D eigenvalue weighted by molar-refractivity contribution is 0.179. The van der Waals surface area contributed by atoms with Crippen LogP contribution < -0.4 is 10.6 Å². The van der Waals surface area contributed by atoms with Crippen molar-refractivity contribution >= 4 is 33.1 Å². The maximum Gasteiger partial charge on any atom is 0.202 e. The van der Waals surface area contributed by atoms with Crippen LogP contribution in [0.3, 0.4) is 0 Å². The van der Waals surface area contributed by atoms with Crippen LogP contribution in [0, 0.1) is 0 Å². The summed E-state index contributed by atoms with van der Waals surface area (Å²) in [5.41, 5.74) is 1.15. The number of methoxy groups -OCH3 is 1. The molecule has 114 valence electrons. The molecule has 3 aromatic rings. The van der Waals surface area contributed by atoms with Crippen molar-refractivity contribution < 1.29 is 4.74 Å². The van der Waals surface area contributed by atoms with Crippen LogP contribution in [-0.4, -0.2) is 29.6 Å². The standard InChI is InChI=1S/C16H18N4OS/c1-21-11-15-19-16(22-20-15)18-10-9-17-14-8-4-6-12-5-2-3-7-13(12)14/h2-8,17H,9-11H2,1H3,(H,18,19,20). The zero-order valence-corrected chi connectivity index (χ0v) is 13.2. The Morgan fingerprint density at radius 2 is 1.86 bits per heavy atom. The van der Waals surface area contributed by atoms with Crippen LogP contribution in [0.25, 0.3) is 10.8 Å². The van der Waals surface area contributed by atoms with Gasteiger partial charge in [-0.15, -0.1) is 0 Å². The highest BCUT2D eigenvalue weighted by Crippen LogP contribution is 2.22. The van der Waals surface area contributed by atoms with Gasteiger partial charge in [-0.3, -0.25) is 0 Å². The molecule has 5 nitrogen and oxygen atoms in total. The minimum absolute atomic E-state index is 0.451. The Hall–Kier alpha value is -2.18. The Morgan fingerprint density at radius 1 is 1.05 bits per heavy atom. The lowest BCUT2D eigenvalue weighted by Gasteiger charge is -2.10. The van der Waals surface area contributed by atoms with Crippen LogP contribution >= 0.6 is 11.5 Å². The van der Waals surface area contributed by atoms with Crippen LogP contribution in [-0.2, 0) is 11.3 Å². The summed E-state index contributed by atoms with van der Waals surface area (Å²) in [6.07, 6.45) is 0. The van der Waals surface area contributed by atoms with Crippen molar-refractivity contribution in [2.45, 2.75) is 6.61 Å². The molecule has 3 rings (SSSR count). The summed E-state index contributed by atoms with van der Waals surface area (Å²) in [7, 11) is 1.64. The van der Waals surface area contributed by atoms with E-state index in [1.807, 2.05) is 0 Å². The summed E-state index contributed by atoms with van der Waals surface area (Å²) in [5, 5.41) is 10.0. The first-order valence-corrected chi connectivity index (χ1v) is 7.91. The number of nitrogens with zero attached hydrogens (tertiary/aromatic N) is 2. The summed E-state index contributed by atoms with van der Waals surface area (Å²) in [4.78, 5) is 4.34. The average Bonchev–Trinajstić information content (AvgIpc) is 3.00. The normalized spacial score (nSPS) is 10.8. The molecule has 0 aliphatic rings. The van der Waals surface area contributed by atoms with Crippen LogP contribution in [0.2, 0.25) is 0 Å². The van der Waals surface area contributed by atoms with Crippen molar-refractivity contribution in [2.24, 2.45) is 0 Å². The first-order chi connectivity index (χ1) is 10.9. The molecule has 0 spiro atoms. The molecular weight excluding hydrogens is 296 g/mol. The zero-order chi connectivity index (χ0) is 15.2. The number of hydrogen-bond acceptors (Lipinski definition) is 6. The van der Waals surface area contributed by atoms with Gasteiger partial charge in [0.1, 0.15) is 6.61 Å². The molecule has 0 amide bonds. The predicted octanol–water partition coefficient (Wildman–Crippen LogP) is 3.36. The van der Waals surface area contributed by atoms with E-state index in [1.165, 1.54) is 22.3 Å². The monoisotopic (exact) mass is 314 g/mol. The predicted molar refractivity (Wildman–Crippen MR) is 91.5 cm³/mol. The molecule has 0 saturated carbocycles. The van der Waals surface area contributed by atoms with Crippen molar-refractivity contribution in [1.29, 1.82) is 0 Å². The van der Waals surface area contributed by atoms with Gasteiger partial charge >= 0.3 is 0 Å². The molecule has 6 heteroatoms. The summed E-state index contributed by atoms with van der Waals surface area (Å²) >= 11 is 1.36. The minimum Gasteiger partial charge on any atom is -0.383 e. The first-order valence-electron chi connectivity index (χ1n) is 7.14. The van der Waals surface area contributed by atoms with Gasteiger partial charge in [0.15, 0.2) is 5.82 Å². The molecule has 0 aliphatic heterocycles. The SMILES string of the molecule is COCc1nsc(NCCNc2cccc3ccccc23)n1. The second-order valence-corrected chi connectivity index (χ2v) is 5.58. The third-order valence-corrected chi connectivity index (χ3v) is 3.96. The Labute approximate surface area is 133 Å². The number of rotatable bonds is 7. The molecule has 0 unspecified atom stereocenters. The molecule has 22 heavy (non-hydrogen) atoms. The highest BCUT2D eigenvalue weighted by atomic mass is 32.1. The van der Waals surface area contributed by atoms with E-state index in [1.54, 1.807) is 7.11 Å². The maximum absolute atomic E-state index is 5.01. The maximum atomic E-state index is 5.01. The van der Waals surface area contributed by atoms with Crippen molar-refractivity contribution in [3.8, 4) is 0 Å². The van der Waals surface area contributed by atoms with Gasteiger partial charge in [-0.25, -0.2) is 4.98 Å². The van der Waals surface area contributed by atoms with Gasteiger partial charge in [-0.2, -0.15) is 4.37 Å². The summed E-state index contributed by atoms with van der Waals surface area (Å²) in [5.74, 6) is 0.719. The molecule has 2 aromatic carbocycles. The molecule has 2 N–H and O–H groups in total. The van der Waals surface area contributed by atoms with Crippen LogP contribution in [0.15, 0.2) is 42.5 Å². The Balaban J connectivity index is 1.54. The third kappa shape index (κ3) is 3.52. The molecule has 1 heterocycles. The lowest BCUT2D eigenvalue weighted by Crippen LogP contribution is -2.13. The van der Waals surface area contributed by atoms with E-state index in [0.29, 0.717) is 6.61 Å². The van der Waals surface area contributed by atoms with E-state index in [4.69, 9.17) is 4.74 Å². The Morgan fingerprint density at radius 3 is 2.77 bits per heavy atom. The van der Waals surface area contributed by atoms with Gasteiger partial charge in [0.25, 0.3) is 0 Å². The Kier molecular flexibility index (Phi) is 4.82. The van der Waals surface area contributed by atoms with Gasteiger partial charge in [-0.1, -0.05) is 36.4 Å². The zero-order valence-electron chi connectivity index (χ0n) is 12.4. The number of fused-ring (bicyclic) bond motifs is 1. The highest BCUT2D eigenvalue weighted by Gasteiger charge is 2.03. The van der Waals surface area contributed by atoms with Crippen molar-refractivity contribution in [1.82, 2.24) is 9.36 Å². The molecule has 0 aliphatic carbocycles. The smallest absolute Gasteiger partial charge is 0.202 e. The van der Waals surface area contributed by atoms with Crippen molar-refractivity contribution in [3.63, 3.8) is 0 Å². The summed E-state index contributed by atoms with van der Waals surface area (Å²) < 4.78 is 9.21. The van der Waals surface area contributed by atoms with Crippen molar-refractivity contribution in [3.05, 3.63) is 48.3 Å². The lowest BCUT2D eigenvalue weighted by atomic mass is 10.1. The van der Waals surface area contributed by atoms with Crippen LogP contribution in [0.5, 0.6) is 0 Å². The number of benzene rings is 2. The quantitative estimate of drug-likeness (QED) is 0.655. The van der Waals surface area contributed by atoms with E-state index in [0.717, 1.165) is 29.7 Å². The fourth-order valence-electron chi connectivity index (χ4n) is 2.26. The second-order valence-electron chi connectivity index (χ2n) is 4.83. The van der Waals surface area contributed by atoms with Gasteiger partial charge in [0, 0.05) is 42.8 Å². The van der Waals surface area contributed by atoms with E-state index in [2.05, 4.69) is 62.5 Å². The minimum atomic E-state index is 0.451. The van der Waals surface area contributed by atoms with E-state index in [9.17, 15) is 0 Å². The molecule has 0 fully saturated rings. The number of ether oxygens (including phenoxy) is 1. The second kappa shape index (κ2) is 7.20. The Bertz CT molecular complexity index is 738. The van der Waals surface area contributed by atoms with Crippen LogP contribution in [0.1, 0.15) is 5.82 Å². The molecule has 0 saturated heterocycles. The van der Waals surface area contributed by atoms with Crippen LogP contribution in [0.4, 0.5) is 10.8 Å². The number of aromatic nitrogens is 2. The fraction of sp³-hybridized carbons (Fsp3) is 0.250.